The third-order valence-corrected chi connectivity index (χ3v) is 5.03. The predicted molar refractivity (Wildman–Crippen MR) is 68.4 cm³/mol. The molecule has 18 heavy (non-hydrogen) atoms. The molecule has 2 aliphatic heterocycles. The summed E-state index contributed by atoms with van der Waals surface area (Å²) in [6, 6.07) is 0. The fourth-order valence-electron chi connectivity index (χ4n) is 4.07. The highest BCUT2D eigenvalue weighted by atomic mass is 35.5. The minimum Gasteiger partial charge on any atom is -0.381 e. The third kappa shape index (κ3) is 2.06. The first-order chi connectivity index (χ1) is 8.18. The van der Waals surface area contributed by atoms with E-state index in [0.717, 1.165) is 32.4 Å². The highest BCUT2D eigenvalue weighted by Crippen LogP contribution is 2.73. The van der Waals surface area contributed by atoms with Crippen LogP contribution in [-0.4, -0.2) is 32.2 Å². The van der Waals surface area contributed by atoms with Crippen molar-refractivity contribution in [2.24, 2.45) is 17.3 Å². The van der Waals surface area contributed by atoms with Gasteiger partial charge in [-0.2, -0.15) is 0 Å². The second kappa shape index (κ2) is 5.22. The van der Waals surface area contributed by atoms with E-state index in [1.165, 1.54) is 0 Å². The molecule has 1 N–H and O–H groups in total. The van der Waals surface area contributed by atoms with Crippen molar-refractivity contribution in [1.82, 2.24) is 5.32 Å². The van der Waals surface area contributed by atoms with Gasteiger partial charge in [0.15, 0.2) is 0 Å². The Balaban J connectivity index is 0.00000120. The molecule has 3 rings (SSSR count). The van der Waals surface area contributed by atoms with E-state index in [-0.39, 0.29) is 24.2 Å². The van der Waals surface area contributed by atoms with E-state index in [2.05, 4.69) is 5.32 Å². The molecule has 0 radical (unpaired) electrons. The lowest BCUT2D eigenvalue weighted by Crippen LogP contribution is -2.21. The van der Waals surface area contributed by atoms with Crippen LogP contribution in [0, 0.1) is 17.3 Å². The zero-order valence-electron chi connectivity index (χ0n) is 10.6. The molecular formula is C13H22ClF2NO. The molecule has 1 aliphatic carbocycles. The Morgan fingerprint density at radius 1 is 1.06 bits per heavy atom. The van der Waals surface area contributed by atoms with Gasteiger partial charge in [-0.15, -0.1) is 12.4 Å². The van der Waals surface area contributed by atoms with Crippen LogP contribution in [-0.2, 0) is 4.74 Å². The highest BCUT2D eigenvalue weighted by molar-refractivity contribution is 5.85. The summed E-state index contributed by atoms with van der Waals surface area (Å²) in [5.41, 5.74) is -0.668. The molecule has 0 aromatic carbocycles. The summed E-state index contributed by atoms with van der Waals surface area (Å²) in [4.78, 5) is 0. The maximum atomic E-state index is 14.2. The van der Waals surface area contributed by atoms with Gasteiger partial charge in [-0.1, -0.05) is 0 Å². The second-order valence-electron chi connectivity index (χ2n) is 5.81. The van der Waals surface area contributed by atoms with Crippen LogP contribution in [0.15, 0.2) is 0 Å². The standard InChI is InChI=1S/C13H21F2NO.ClH/c14-13(15)11(10-2-8-17-9-3-10)12(13)4-1-6-16-7-5-12;/h10-11,16H,1-9H2;1H. The van der Waals surface area contributed by atoms with Crippen molar-refractivity contribution < 1.29 is 13.5 Å². The first-order valence-electron chi connectivity index (χ1n) is 6.85. The Kier molecular flexibility index (Phi) is 4.20. The van der Waals surface area contributed by atoms with Gasteiger partial charge in [0, 0.05) is 24.5 Å². The molecule has 5 heteroatoms. The van der Waals surface area contributed by atoms with Gasteiger partial charge in [-0.05, 0) is 51.1 Å². The molecule has 0 aromatic rings. The molecule has 3 fully saturated rings. The molecule has 0 aromatic heterocycles. The number of alkyl halides is 2. The maximum Gasteiger partial charge on any atom is 0.257 e. The predicted octanol–water partition coefficient (Wildman–Crippen LogP) is 2.86. The Morgan fingerprint density at radius 3 is 2.50 bits per heavy atom. The molecule has 2 unspecified atom stereocenters. The van der Waals surface area contributed by atoms with Crippen molar-refractivity contribution >= 4 is 12.4 Å². The summed E-state index contributed by atoms with van der Waals surface area (Å²) in [6.07, 6.45) is 3.91. The number of rotatable bonds is 1. The average Bonchev–Trinajstić information content (AvgIpc) is 2.92. The van der Waals surface area contributed by atoms with E-state index in [1.807, 2.05) is 0 Å². The van der Waals surface area contributed by atoms with Crippen LogP contribution in [0.5, 0.6) is 0 Å². The lowest BCUT2D eigenvalue weighted by atomic mass is 9.85. The third-order valence-electron chi connectivity index (χ3n) is 5.03. The van der Waals surface area contributed by atoms with Gasteiger partial charge in [0.1, 0.15) is 0 Å². The van der Waals surface area contributed by atoms with Crippen LogP contribution in [0.4, 0.5) is 8.78 Å². The van der Waals surface area contributed by atoms with Gasteiger partial charge in [0.25, 0.3) is 5.92 Å². The molecule has 1 saturated carbocycles. The molecule has 3 aliphatic rings. The first kappa shape index (κ1) is 14.5. The molecule has 1 spiro atoms. The minimum atomic E-state index is -2.42. The van der Waals surface area contributed by atoms with Gasteiger partial charge in [0.05, 0.1) is 0 Å². The fraction of sp³-hybridized carbons (Fsp3) is 1.00. The number of hydrogen-bond acceptors (Lipinski definition) is 2. The maximum absolute atomic E-state index is 14.2. The number of hydrogen-bond donors (Lipinski definition) is 1. The SMILES string of the molecule is Cl.FC1(F)C(C2CCOCC2)C12CCCNCC2. The lowest BCUT2D eigenvalue weighted by Gasteiger charge is -2.23. The Labute approximate surface area is 113 Å². The first-order valence-corrected chi connectivity index (χ1v) is 6.85. The van der Waals surface area contributed by atoms with Crippen molar-refractivity contribution in [2.45, 2.75) is 38.0 Å². The molecular weight excluding hydrogens is 260 g/mol. The smallest absolute Gasteiger partial charge is 0.257 e. The zero-order valence-corrected chi connectivity index (χ0v) is 11.4. The topological polar surface area (TPSA) is 21.3 Å². The van der Waals surface area contributed by atoms with Gasteiger partial charge in [-0.3, -0.25) is 0 Å². The van der Waals surface area contributed by atoms with Gasteiger partial charge in [-0.25, -0.2) is 8.78 Å². The monoisotopic (exact) mass is 281 g/mol. The number of ether oxygens (including phenoxy) is 1. The number of nitrogens with one attached hydrogen (secondary N) is 1. The van der Waals surface area contributed by atoms with Gasteiger partial charge < -0.3 is 10.1 Å². The zero-order chi connectivity index (χ0) is 11.9. The molecule has 2 heterocycles. The molecule has 106 valence electrons. The van der Waals surface area contributed by atoms with Crippen LogP contribution >= 0.6 is 12.4 Å². The molecule has 2 nitrogen and oxygen atoms in total. The Morgan fingerprint density at radius 2 is 1.78 bits per heavy atom. The quantitative estimate of drug-likeness (QED) is 0.798. The van der Waals surface area contributed by atoms with Crippen LogP contribution in [0.2, 0.25) is 0 Å². The summed E-state index contributed by atoms with van der Waals surface area (Å²) < 4.78 is 33.8. The van der Waals surface area contributed by atoms with Crippen molar-refractivity contribution in [2.75, 3.05) is 26.3 Å². The Bertz CT molecular complexity index is 287. The number of halogens is 3. The lowest BCUT2D eigenvalue weighted by molar-refractivity contribution is 0.0252. The van der Waals surface area contributed by atoms with Crippen molar-refractivity contribution in [3.8, 4) is 0 Å². The van der Waals surface area contributed by atoms with Gasteiger partial charge >= 0.3 is 0 Å². The summed E-state index contributed by atoms with van der Waals surface area (Å²) in [5.74, 6) is -2.59. The second-order valence-corrected chi connectivity index (χ2v) is 5.81. The Hall–Kier alpha value is 0.0700. The summed E-state index contributed by atoms with van der Waals surface area (Å²) in [7, 11) is 0. The highest BCUT2D eigenvalue weighted by Gasteiger charge is 2.80. The van der Waals surface area contributed by atoms with E-state index in [9.17, 15) is 8.78 Å². The summed E-state index contributed by atoms with van der Waals surface area (Å²) >= 11 is 0. The fourth-order valence-corrected chi connectivity index (χ4v) is 4.07. The van der Waals surface area contributed by atoms with Gasteiger partial charge in [0.2, 0.25) is 0 Å². The van der Waals surface area contributed by atoms with Crippen molar-refractivity contribution in [3.63, 3.8) is 0 Å². The van der Waals surface area contributed by atoms with Crippen LogP contribution in [0.25, 0.3) is 0 Å². The molecule has 2 saturated heterocycles. The normalized spacial score (nSPS) is 40.0. The average molecular weight is 282 g/mol. The minimum absolute atomic E-state index is 0. The molecule has 0 amide bonds. The summed E-state index contributed by atoms with van der Waals surface area (Å²) in [5, 5.41) is 3.25. The van der Waals surface area contributed by atoms with E-state index >= 15 is 0 Å². The van der Waals surface area contributed by atoms with Crippen LogP contribution in [0.1, 0.15) is 32.1 Å². The summed E-state index contributed by atoms with van der Waals surface area (Å²) in [6.45, 7) is 3.00. The molecule has 2 atom stereocenters. The van der Waals surface area contributed by atoms with Crippen LogP contribution in [0.3, 0.4) is 0 Å². The van der Waals surface area contributed by atoms with Crippen LogP contribution < -0.4 is 5.32 Å². The molecule has 0 bridgehead atoms. The van der Waals surface area contributed by atoms with E-state index < -0.39 is 11.3 Å². The largest absolute Gasteiger partial charge is 0.381 e. The van der Waals surface area contributed by atoms with Crippen molar-refractivity contribution in [3.05, 3.63) is 0 Å². The van der Waals surface area contributed by atoms with Crippen molar-refractivity contribution in [1.29, 1.82) is 0 Å². The van der Waals surface area contributed by atoms with E-state index in [4.69, 9.17) is 4.74 Å². The van der Waals surface area contributed by atoms with E-state index in [1.54, 1.807) is 0 Å². The van der Waals surface area contributed by atoms with E-state index in [0.29, 0.717) is 26.1 Å².